The molecule has 0 fully saturated rings. The number of nitrogens with zero attached hydrogens (tertiary/aromatic N) is 1. The number of rotatable bonds is 5. The first-order valence-electron chi connectivity index (χ1n) is 7.68. The molecule has 4 nitrogen and oxygen atoms in total. The first kappa shape index (κ1) is 16.9. The summed E-state index contributed by atoms with van der Waals surface area (Å²) in [5.41, 5.74) is 1.29. The summed E-state index contributed by atoms with van der Waals surface area (Å²) < 4.78 is 22.5. The lowest BCUT2D eigenvalue weighted by Gasteiger charge is -2.06. The minimum absolute atomic E-state index is 0.236. The third-order valence-electron chi connectivity index (χ3n) is 3.57. The molecule has 0 radical (unpaired) electrons. The average molecular weight is 351 g/mol. The van der Waals surface area contributed by atoms with Crippen LogP contribution in [0.1, 0.15) is 16.1 Å². The Labute approximate surface area is 147 Å². The van der Waals surface area contributed by atoms with Crippen LogP contribution in [0.15, 0.2) is 92.7 Å². The van der Waals surface area contributed by atoms with Gasteiger partial charge in [-0.2, -0.15) is 4.36 Å². The summed E-state index contributed by atoms with van der Waals surface area (Å²) in [6, 6.07) is 19.7. The molecular weight excluding hydrogens is 334 g/mol. The van der Waals surface area contributed by atoms with E-state index < -0.39 is 9.73 Å². The first-order chi connectivity index (χ1) is 12.1. The van der Waals surface area contributed by atoms with Crippen LogP contribution in [0, 0.1) is 0 Å². The van der Waals surface area contributed by atoms with Gasteiger partial charge in [0.15, 0.2) is 5.76 Å². The maximum atomic E-state index is 13.0. The van der Waals surface area contributed by atoms with E-state index in [1.54, 1.807) is 42.7 Å². The van der Waals surface area contributed by atoms with Crippen molar-refractivity contribution < 1.29 is 13.4 Å². The summed E-state index contributed by atoms with van der Waals surface area (Å²) in [7, 11) is -2.58. The Hall–Kier alpha value is -2.92. The molecule has 0 aliphatic carbocycles. The molecule has 5 heteroatoms. The van der Waals surface area contributed by atoms with Gasteiger partial charge >= 0.3 is 0 Å². The van der Waals surface area contributed by atoms with Gasteiger partial charge in [0.2, 0.25) is 5.78 Å². The molecule has 0 amide bonds. The van der Waals surface area contributed by atoms with Gasteiger partial charge in [-0.05, 0) is 42.5 Å². The van der Waals surface area contributed by atoms with E-state index in [1.165, 1.54) is 12.3 Å². The number of carbonyl (C=O) groups excluding carboxylic acids is 1. The second-order valence-corrected chi connectivity index (χ2v) is 7.70. The van der Waals surface area contributed by atoms with Crippen LogP contribution in [0.5, 0.6) is 0 Å². The molecule has 0 bridgehead atoms. The predicted octanol–water partition coefficient (Wildman–Crippen LogP) is 4.96. The van der Waals surface area contributed by atoms with Gasteiger partial charge in [-0.25, -0.2) is 4.21 Å². The van der Waals surface area contributed by atoms with E-state index in [9.17, 15) is 9.00 Å². The summed E-state index contributed by atoms with van der Waals surface area (Å²) in [4.78, 5) is 12.7. The van der Waals surface area contributed by atoms with E-state index in [1.807, 2.05) is 36.4 Å². The summed E-state index contributed by atoms with van der Waals surface area (Å²) in [6.07, 6.45) is 6.14. The fourth-order valence-electron chi connectivity index (χ4n) is 2.29. The van der Waals surface area contributed by atoms with E-state index >= 15 is 0 Å². The maximum Gasteiger partial charge on any atom is 0.221 e. The van der Waals surface area contributed by atoms with Gasteiger partial charge in [-0.15, -0.1) is 0 Å². The van der Waals surface area contributed by atoms with Gasteiger partial charge in [-0.3, -0.25) is 4.79 Å². The van der Waals surface area contributed by atoms with Gasteiger partial charge in [0.05, 0.1) is 21.7 Å². The van der Waals surface area contributed by atoms with Crippen molar-refractivity contribution in [3.8, 4) is 0 Å². The fourth-order valence-corrected chi connectivity index (χ4v) is 3.60. The largest absolute Gasteiger partial charge is 0.461 e. The van der Waals surface area contributed by atoms with Crippen molar-refractivity contribution in [2.75, 3.05) is 6.26 Å². The molecule has 0 N–H and O–H groups in total. The molecule has 1 heterocycles. The highest BCUT2D eigenvalue weighted by molar-refractivity contribution is 7.93. The van der Waals surface area contributed by atoms with Gasteiger partial charge in [0.1, 0.15) is 0 Å². The molecule has 3 rings (SSSR count). The Kier molecular flexibility index (Phi) is 4.95. The van der Waals surface area contributed by atoms with Crippen molar-refractivity contribution in [3.63, 3.8) is 0 Å². The van der Waals surface area contributed by atoms with E-state index in [4.69, 9.17) is 4.42 Å². The zero-order valence-electron chi connectivity index (χ0n) is 13.7. The number of allylic oxidation sites excluding steroid dienone is 1. The average Bonchev–Trinajstić information content (AvgIpc) is 3.16. The number of ketones is 1. The molecular formula is C20H17NO3S. The highest BCUT2D eigenvalue weighted by Gasteiger charge is 2.08. The van der Waals surface area contributed by atoms with E-state index in [-0.39, 0.29) is 11.5 Å². The van der Waals surface area contributed by atoms with Crippen molar-refractivity contribution in [1.29, 1.82) is 0 Å². The molecule has 0 spiro atoms. The zero-order valence-corrected chi connectivity index (χ0v) is 14.5. The predicted molar refractivity (Wildman–Crippen MR) is 99.4 cm³/mol. The van der Waals surface area contributed by atoms with Gasteiger partial charge in [0, 0.05) is 16.7 Å². The second kappa shape index (κ2) is 7.32. The van der Waals surface area contributed by atoms with Crippen molar-refractivity contribution in [2.24, 2.45) is 4.36 Å². The molecule has 2 aromatic carbocycles. The van der Waals surface area contributed by atoms with Crippen LogP contribution in [0.25, 0.3) is 6.08 Å². The number of hydrogen-bond acceptors (Lipinski definition) is 4. The standard InChI is InChI=1S/C20H17NO3S/c1-25(23,17-9-3-2-4-10-17)21-18-11-6-5-8-16(18)13-14-19(22)20-12-7-15-24-20/h2-15H,1H3/b14-13+/t25-/m0/s1. The van der Waals surface area contributed by atoms with Crippen molar-refractivity contribution in [3.05, 3.63) is 90.4 Å². The minimum atomic E-state index is -2.58. The molecule has 0 aliphatic heterocycles. The number of carbonyl (C=O) groups is 1. The van der Waals surface area contributed by atoms with Crippen LogP contribution >= 0.6 is 0 Å². The third kappa shape index (κ3) is 4.14. The number of furan rings is 1. The topological polar surface area (TPSA) is 59.6 Å². The first-order valence-corrected chi connectivity index (χ1v) is 9.61. The minimum Gasteiger partial charge on any atom is -0.461 e. The Morgan fingerprint density at radius 3 is 2.44 bits per heavy atom. The number of hydrogen-bond donors (Lipinski definition) is 0. The Balaban J connectivity index is 1.95. The van der Waals surface area contributed by atoms with Crippen LogP contribution in [0.3, 0.4) is 0 Å². The Morgan fingerprint density at radius 2 is 1.72 bits per heavy atom. The summed E-state index contributed by atoms with van der Waals surface area (Å²) >= 11 is 0. The van der Waals surface area contributed by atoms with E-state index in [0.717, 1.165) is 0 Å². The summed E-state index contributed by atoms with van der Waals surface area (Å²) in [6.45, 7) is 0. The van der Waals surface area contributed by atoms with Crippen molar-refractivity contribution >= 4 is 27.3 Å². The van der Waals surface area contributed by atoms with E-state index in [0.29, 0.717) is 16.1 Å². The lowest BCUT2D eigenvalue weighted by Crippen LogP contribution is -1.96. The quantitative estimate of drug-likeness (QED) is 0.482. The summed E-state index contributed by atoms with van der Waals surface area (Å²) in [5, 5.41) is 0. The third-order valence-corrected chi connectivity index (χ3v) is 5.26. The van der Waals surface area contributed by atoms with Crippen LogP contribution in [0.2, 0.25) is 0 Å². The van der Waals surface area contributed by atoms with Crippen LogP contribution in [0.4, 0.5) is 5.69 Å². The monoisotopic (exact) mass is 351 g/mol. The molecule has 0 unspecified atom stereocenters. The lowest BCUT2D eigenvalue weighted by molar-refractivity contribution is 0.102. The zero-order chi connectivity index (χ0) is 17.7. The van der Waals surface area contributed by atoms with E-state index in [2.05, 4.69) is 4.36 Å². The smallest absolute Gasteiger partial charge is 0.221 e. The van der Waals surface area contributed by atoms with Crippen molar-refractivity contribution in [1.82, 2.24) is 0 Å². The summed E-state index contributed by atoms with van der Waals surface area (Å²) in [5.74, 6) is 0.0364. The molecule has 25 heavy (non-hydrogen) atoms. The van der Waals surface area contributed by atoms with Gasteiger partial charge in [0.25, 0.3) is 0 Å². The van der Waals surface area contributed by atoms with Crippen LogP contribution < -0.4 is 0 Å². The van der Waals surface area contributed by atoms with Gasteiger partial charge < -0.3 is 4.42 Å². The highest BCUT2D eigenvalue weighted by Crippen LogP contribution is 2.24. The molecule has 1 atom stereocenters. The highest BCUT2D eigenvalue weighted by atomic mass is 32.2. The molecule has 3 aromatic rings. The van der Waals surface area contributed by atoms with Crippen LogP contribution in [-0.4, -0.2) is 16.2 Å². The lowest BCUT2D eigenvalue weighted by atomic mass is 10.1. The Morgan fingerprint density at radius 1 is 1.00 bits per heavy atom. The molecule has 0 aliphatic rings. The molecule has 126 valence electrons. The normalized spacial score (nSPS) is 13.5. The Bertz CT molecular complexity index is 1010. The fraction of sp³-hybridized carbons (Fsp3) is 0.0500. The van der Waals surface area contributed by atoms with Crippen molar-refractivity contribution in [2.45, 2.75) is 4.90 Å². The SMILES string of the molecule is C[S@@](=O)(=Nc1ccccc1/C=C/C(=O)c1ccco1)c1ccccc1. The van der Waals surface area contributed by atoms with Crippen LogP contribution in [-0.2, 0) is 9.73 Å². The molecule has 0 saturated carbocycles. The molecule has 0 saturated heterocycles. The maximum absolute atomic E-state index is 13.0. The van der Waals surface area contributed by atoms with Gasteiger partial charge in [-0.1, -0.05) is 36.4 Å². The number of benzene rings is 2. The molecule has 1 aromatic heterocycles. The second-order valence-electron chi connectivity index (χ2n) is 5.44.